The molecule has 104 valence electrons. The zero-order chi connectivity index (χ0) is 13.3. The summed E-state index contributed by atoms with van der Waals surface area (Å²) in [6, 6.07) is 3.80. The smallest absolute Gasteiger partial charge is 0.305 e. The number of rotatable bonds is 4. The minimum Gasteiger partial charge on any atom is -0.463 e. The van der Waals surface area contributed by atoms with Gasteiger partial charge in [-0.25, -0.2) is 0 Å². The molecule has 0 saturated carbocycles. The predicted molar refractivity (Wildman–Crippen MR) is 76.0 cm³/mol. The third-order valence-electron chi connectivity index (χ3n) is 1.58. The summed E-state index contributed by atoms with van der Waals surface area (Å²) in [7, 11) is 0. The van der Waals surface area contributed by atoms with Crippen molar-refractivity contribution in [2.75, 3.05) is 0 Å². The SMILES string of the molecule is CCC(=O)OC(C)C.Cl.NC(=O)Cc1cccs1. The van der Waals surface area contributed by atoms with Crippen LogP contribution in [0.2, 0.25) is 0 Å². The maximum atomic E-state index is 10.4. The van der Waals surface area contributed by atoms with E-state index in [4.69, 9.17) is 10.5 Å². The third kappa shape index (κ3) is 11.4. The Morgan fingerprint density at radius 1 is 1.44 bits per heavy atom. The Kier molecular flexibility index (Phi) is 11.8. The molecule has 1 amide bonds. The van der Waals surface area contributed by atoms with E-state index >= 15 is 0 Å². The number of carbonyl (C=O) groups is 2. The normalized spacial score (nSPS) is 8.89. The standard InChI is InChI=1S/C6H7NOS.C6H12O2.ClH/c7-6(8)4-5-2-1-3-9-5;1-4-6(7)8-5(2)3;/h1-3H,4H2,(H2,7,8);5H,4H2,1-3H3;1H. The number of carbonyl (C=O) groups excluding carboxylic acids is 2. The number of halogens is 1. The minimum absolute atomic E-state index is 0. The lowest BCUT2D eigenvalue weighted by molar-refractivity contribution is -0.146. The maximum absolute atomic E-state index is 10.4. The third-order valence-corrected chi connectivity index (χ3v) is 2.46. The molecular weight excluding hydrogens is 274 g/mol. The minimum atomic E-state index is -0.266. The van der Waals surface area contributed by atoms with Gasteiger partial charge in [-0.15, -0.1) is 23.7 Å². The molecule has 1 aromatic rings. The number of esters is 1. The van der Waals surface area contributed by atoms with Crippen LogP contribution in [0, 0.1) is 0 Å². The van der Waals surface area contributed by atoms with Crippen molar-refractivity contribution in [2.24, 2.45) is 5.73 Å². The summed E-state index contributed by atoms with van der Waals surface area (Å²) in [5.41, 5.74) is 4.95. The fraction of sp³-hybridized carbons (Fsp3) is 0.500. The highest BCUT2D eigenvalue weighted by Gasteiger charge is 1.99. The van der Waals surface area contributed by atoms with Gasteiger partial charge >= 0.3 is 5.97 Å². The molecule has 1 aromatic heterocycles. The van der Waals surface area contributed by atoms with Crippen LogP contribution in [0.1, 0.15) is 32.1 Å². The number of thiophene rings is 1. The van der Waals surface area contributed by atoms with Gasteiger partial charge in [0.15, 0.2) is 0 Å². The quantitative estimate of drug-likeness (QED) is 0.867. The lowest BCUT2D eigenvalue weighted by Gasteiger charge is -2.04. The Balaban J connectivity index is 0. The first-order valence-corrected chi connectivity index (χ1v) is 6.33. The van der Waals surface area contributed by atoms with Crippen molar-refractivity contribution in [3.8, 4) is 0 Å². The molecule has 0 aliphatic rings. The van der Waals surface area contributed by atoms with Crippen LogP contribution < -0.4 is 5.73 Å². The summed E-state index contributed by atoms with van der Waals surface area (Å²) in [4.78, 5) is 21.7. The van der Waals surface area contributed by atoms with E-state index in [-0.39, 0.29) is 30.4 Å². The first-order chi connectivity index (χ1) is 7.95. The van der Waals surface area contributed by atoms with E-state index < -0.39 is 0 Å². The summed E-state index contributed by atoms with van der Waals surface area (Å²) in [6.45, 7) is 5.46. The highest BCUT2D eigenvalue weighted by atomic mass is 35.5. The van der Waals surface area contributed by atoms with Crippen LogP contribution in [-0.4, -0.2) is 18.0 Å². The number of amides is 1. The Labute approximate surface area is 118 Å². The Hall–Kier alpha value is -1.07. The molecule has 2 N–H and O–H groups in total. The second kappa shape index (κ2) is 11.0. The monoisotopic (exact) mass is 293 g/mol. The van der Waals surface area contributed by atoms with Crippen molar-refractivity contribution in [1.29, 1.82) is 0 Å². The highest BCUT2D eigenvalue weighted by molar-refractivity contribution is 7.10. The fourth-order valence-corrected chi connectivity index (χ4v) is 1.65. The molecule has 6 heteroatoms. The fourth-order valence-electron chi connectivity index (χ4n) is 0.931. The van der Waals surface area contributed by atoms with Crippen LogP contribution in [0.4, 0.5) is 0 Å². The molecule has 0 bridgehead atoms. The van der Waals surface area contributed by atoms with Crippen LogP contribution in [0.5, 0.6) is 0 Å². The van der Waals surface area contributed by atoms with Crippen LogP contribution >= 0.6 is 23.7 Å². The van der Waals surface area contributed by atoms with Crippen LogP contribution in [0.15, 0.2) is 17.5 Å². The number of hydrogen-bond donors (Lipinski definition) is 1. The van der Waals surface area contributed by atoms with Gasteiger partial charge in [0, 0.05) is 11.3 Å². The van der Waals surface area contributed by atoms with Gasteiger partial charge in [0.05, 0.1) is 12.5 Å². The van der Waals surface area contributed by atoms with Gasteiger partial charge < -0.3 is 10.5 Å². The van der Waals surface area contributed by atoms with Crippen molar-refractivity contribution in [2.45, 2.75) is 39.7 Å². The summed E-state index contributed by atoms with van der Waals surface area (Å²) >= 11 is 1.55. The van der Waals surface area contributed by atoms with Crippen molar-refractivity contribution in [3.05, 3.63) is 22.4 Å². The van der Waals surface area contributed by atoms with Gasteiger partial charge in [-0.1, -0.05) is 13.0 Å². The molecule has 0 atom stereocenters. The highest BCUT2D eigenvalue weighted by Crippen LogP contribution is 2.07. The lowest BCUT2D eigenvalue weighted by Crippen LogP contribution is -2.12. The molecule has 0 saturated heterocycles. The van der Waals surface area contributed by atoms with E-state index in [9.17, 15) is 9.59 Å². The Morgan fingerprint density at radius 2 is 2.06 bits per heavy atom. The van der Waals surface area contributed by atoms with E-state index in [1.165, 1.54) is 0 Å². The van der Waals surface area contributed by atoms with Crippen molar-refractivity contribution >= 4 is 35.6 Å². The summed E-state index contributed by atoms with van der Waals surface area (Å²) in [6.07, 6.45) is 0.873. The van der Waals surface area contributed by atoms with E-state index in [0.29, 0.717) is 12.8 Å². The second-order valence-corrected chi connectivity index (χ2v) is 4.65. The first kappa shape index (κ1) is 19.3. The number of nitrogens with two attached hydrogens (primary N) is 1. The van der Waals surface area contributed by atoms with Crippen LogP contribution in [0.25, 0.3) is 0 Å². The zero-order valence-corrected chi connectivity index (χ0v) is 12.5. The van der Waals surface area contributed by atoms with E-state index in [0.717, 1.165) is 4.88 Å². The molecule has 0 spiro atoms. The van der Waals surface area contributed by atoms with Crippen molar-refractivity contribution in [3.63, 3.8) is 0 Å². The zero-order valence-electron chi connectivity index (χ0n) is 10.8. The Morgan fingerprint density at radius 3 is 2.33 bits per heavy atom. The maximum Gasteiger partial charge on any atom is 0.305 e. The second-order valence-electron chi connectivity index (χ2n) is 3.61. The molecule has 1 heterocycles. The van der Waals surface area contributed by atoms with Gasteiger partial charge in [-0.3, -0.25) is 9.59 Å². The first-order valence-electron chi connectivity index (χ1n) is 5.45. The molecule has 0 aliphatic carbocycles. The molecule has 0 radical (unpaired) electrons. The molecule has 18 heavy (non-hydrogen) atoms. The molecule has 1 rings (SSSR count). The number of hydrogen-bond acceptors (Lipinski definition) is 4. The van der Waals surface area contributed by atoms with E-state index in [1.807, 2.05) is 31.4 Å². The van der Waals surface area contributed by atoms with Crippen molar-refractivity contribution in [1.82, 2.24) is 0 Å². The summed E-state index contributed by atoms with van der Waals surface area (Å²) in [5, 5.41) is 1.93. The predicted octanol–water partition coefficient (Wildman–Crippen LogP) is 2.55. The summed E-state index contributed by atoms with van der Waals surface area (Å²) in [5.74, 6) is -0.391. The molecule has 0 fully saturated rings. The van der Waals surface area contributed by atoms with Gasteiger partial charge in [0.25, 0.3) is 0 Å². The van der Waals surface area contributed by atoms with Gasteiger partial charge in [0.1, 0.15) is 0 Å². The van der Waals surface area contributed by atoms with E-state index in [2.05, 4.69) is 0 Å². The van der Waals surface area contributed by atoms with Crippen LogP contribution in [-0.2, 0) is 20.7 Å². The Bertz CT molecular complexity index is 339. The lowest BCUT2D eigenvalue weighted by atomic mass is 10.3. The van der Waals surface area contributed by atoms with Gasteiger partial charge in [-0.05, 0) is 25.3 Å². The summed E-state index contributed by atoms with van der Waals surface area (Å²) < 4.78 is 4.76. The molecule has 0 unspecified atom stereocenters. The largest absolute Gasteiger partial charge is 0.463 e. The van der Waals surface area contributed by atoms with Gasteiger partial charge in [-0.2, -0.15) is 0 Å². The average molecular weight is 294 g/mol. The van der Waals surface area contributed by atoms with Crippen LogP contribution in [0.3, 0.4) is 0 Å². The van der Waals surface area contributed by atoms with Gasteiger partial charge in [0.2, 0.25) is 5.91 Å². The number of ether oxygens (including phenoxy) is 1. The molecule has 4 nitrogen and oxygen atoms in total. The molecule has 0 aliphatic heterocycles. The van der Waals surface area contributed by atoms with E-state index in [1.54, 1.807) is 18.3 Å². The molecular formula is C12H20ClNO3S. The van der Waals surface area contributed by atoms with Crippen molar-refractivity contribution < 1.29 is 14.3 Å². The number of primary amides is 1. The topological polar surface area (TPSA) is 69.4 Å². The average Bonchev–Trinajstić information content (AvgIpc) is 2.69. The molecule has 0 aromatic carbocycles.